The summed E-state index contributed by atoms with van der Waals surface area (Å²) >= 11 is 0. The zero-order valence-corrected chi connectivity index (χ0v) is 14.4. The molecule has 1 amide bonds. The van der Waals surface area contributed by atoms with E-state index < -0.39 is 5.92 Å². The predicted octanol–water partition coefficient (Wildman–Crippen LogP) is 3.49. The van der Waals surface area contributed by atoms with Gasteiger partial charge in [0.2, 0.25) is 5.91 Å². The smallest absolute Gasteiger partial charge is 0.244 e. The Labute approximate surface area is 143 Å². The van der Waals surface area contributed by atoms with Crippen LogP contribution >= 0.6 is 0 Å². The standard InChI is InChI=1S/C20H23N3O/c1-4-23(18-10-6-5-7-11-18)20(24)17(15-21)13-16-9-8-12-19(14-16)22(2)3/h5-12,14,17H,4,13H2,1-3H3. The van der Waals surface area contributed by atoms with Crippen LogP contribution in [0.25, 0.3) is 0 Å². The predicted molar refractivity (Wildman–Crippen MR) is 98.0 cm³/mol. The van der Waals surface area contributed by atoms with Crippen molar-refractivity contribution >= 4 is 17.3 Å². The number of amides is 1. The molecule has 1 unspecified atom stereocenters. The molecule has 0 aromatic heterocycles. The lowest BCUT2D eigenvalue weighted by Gasteiger charge is -2.23. The molecule has 24 heavy (non-hydrogen) atoms. The highest BCUT2D eigenvalue weighted by Gasteiger charge is 2.24. The van der Waals surface area contributed by atoms with Crippen LogP contribution in [-0.2, 0) is 11.2 Å². The minimum absolute atomic E-state index is 0.151. The molecule has 2 aromatic rings. The average Bonchev–Trinajstić information content (AvgIpc) is 2.61. The summed E-state index contributed by atoms with van der Waals surface area (Å²) in [5.74, 6) is -0.843. The molecule has 0 bridgehead atoms. The summed E-state index contributed by atoms with van der Waals surface area (Å²) in [6.45, 7) is 2.46. The second-order valence-corrected chi connectivity index (χ2v) is 5.87. The molecular weight excluding hydrogens is 298 g/mol. The minimum Gasteiger partial charge on any atom is -0.378 e. The monoisotopic (exact) mass is 321 g/mol. The molecule has 4 nitrogen and oxygen atoms in total. The number of nitrogens with zero attached hydrogens (tertiary/aromatic N) is 3. The van der Waals surface area contributed by atoms with Crippen molar-refractivity contribution < 1.29 is 4.79 Å². The second kappa shape index (κ2) is 8.16. The largest absolute Gasteiger partial charge is 0.378 e. The van der Waals surface area contributed by atoms with E-state index in [0.29, 0.717) is 13.0 Å². The first-order chi connectivity index (χ1) is 11.6. The molecule has 0 spiro atoms. The quantitative estimate of drug-likeness (QED) is 0.818. The van der Waals surface area contributed by atoms with Crippen LogP contribution in [0.1, 0.15) is 12.5 Å². The van der Waals surface area contributed by atoms with Crippen molar-refractivity contribution in [2.45, 2.75) is 13.3 Å². The minimum atomic E-state index is -0.692. The summed E-state index contributed by atoms with van der Waals surface area (Å²) in [7, 11) is 3.94. The van der Waals surface area contributed by atoms with Gasteiger partial charge >= 0.3 is 0 Å². The summed E-state index contributed by atoms with van der Waals surface area (Å²) in [5, 5.41) is 9.52. The van der Waals surface area contributed by atoms with E-state index in [1.165, 1.54) is 0 Å². The zero-order valence-electron chi connectivity index (χ0n) is 14.4. The number of hydrogen-bond donors (Lipinski definition) is 0. The fourth-order valence-corrected chi connectivity index (χ4v) is 2.65. The second-order valence-electron chi connectivity index (χ2n) is 5.87. The molecule has 0 saturated carbocycles. The summed E-state index contributed by atoms with van der Waals surface area (Å²) in [4.78, 5) is 16.5. The lowest BCUT2D eigenvalue weighted by atomic mass is 9.98. The fourth-order valence-electron chi connectivity index (χ4n) is 2.65. The van der Waals surface area contributed by atoms with Crippen LogP contribution in [-0.4, -0.2) is 26.5 Å². The molecule has 0 aliphatic rings. The highest BCUT2D eigenvalue weighted by Crippen LogP contribution is 2.20. The molecule has 0 saturated heterocycles. The van der Waals surface area contributed by atoms with Crippen molar-refractivity contribution in [1.29, 1.82) is 5.26 Å². The summed E-state index contributed by atoms with van der Waals surface area (Å²) < 4.78 is 0. The highest BCUT2D eigenvalue weighted by atomic mass is 16.2. The Balaban J connectivity index is 2.20. The normalized spacial score (nSPS) is 11.4. The number of rotatable bonds is 6. The highest BCUT2D eigenvalue weighted by molar-refractivity contribution is 5.96. The van der Waals surface area contributed by atoms with Gasteiger partial charge < -0.3 is 9.80 Å². The number of benzene rings is 2. The number of hydrogen-bond acceptors (Lipinski definition) is 3. The molecule has 2 aromatic carbocycles. The van der Waals surface area contributed by atoms with Crippen molar-refractivity contribution in [3.8, 4) is 6.07 Å². The van der Waals surface area contributed by atoms with Gasteiger partial charge in [0.15, 0.2) is 0 Å². The maximum atomic E-state index is 12.8. The average molecular weight is 321 g/mol. The Morgan fingerprint density at radius 1 is 1.08 bits per heavy atom. The molecule has 1 atom stereocenters. The molecule has 124 valence electrons. The summed E-state index contributed by atoms with van der Waals surface area (Å²) in [5.41, 5.74) is 2.88. The van der Waals surface area contributed by atoms with Gasteiger partial charge in [0.25, 0.3) is 0 Å². The Morgan fingerprint density at radius 2 is 1.75 bits per heavy atom. The van der Waals surface area contributed by atoms with E-state index in [9.17, 15) is 10.1 Å². The van der Waals surface area contributed by atoms with E-state index in [2.05, 4.69) is 6.07 Å². The van der Waals surface area contributed by atoms with Gasteiger partial charge in [-0.15, -0.1) is 0 Å². The molecule has 0 heterocycles. The summed E-state index contributed by atoms with van der Waals surface area (Å²) in [6, 6.07) is 19.6. The fraction of sp³-hybridized carbons (Fsp3) is 0.300. The van der Waals surface area contributed by atoms with Crippen LogP contribution in [0.5, 0.6) is 0 Å². The van der Waals surface area contributed by atoms with Crippen molar-refractivity contribution in [1.82, 2.24) is 0 Å². The van der Waals surface area contributed by atoms with Crippen molar-refractivity contribution in [3.63, 3.8) is 0 Å². The Kier molecular flexibility index (Phi) is 5.97. The van der Waals surface area contributed by atoms with Gasteiger partial charge in [-0.3, -0.25) is 4.79 Å². The van der Waals surface area contributed by atoms with Crippen LogP contribution in [0.4, 0.5) is 11.4 Å². The van der Waals surface area contributed by atoms with Crippen LogP contribution in [0.15, 0.2) is 54.6 Å². The maximum absolute atomic E-state index is 12.8. The van der Waals surface area contributed by atoms with Crippen LogP contribution in [0.3, 0.4) is 0 Å². The molecule has 0 radical (unpaired) electrons. The van der Waals surface area contributed by atoms with E-state index in [0.717, 1.165) is 16.9 Å². The molecule has 0 fully saturated rings. The van der Waals surface area contributed by atoms with Gasteiger partial charge in [-0.05, 0) is 43.2 Å². The Hall–Kier alpha value is -2.80. The molecule has 0 N–H and O–H groups in total. The van der Waals surface area contributed by atoms with Gasteiger partial charge in [-0.2, -0.15) is 5.26 Å². The van der Waals surface area contributed by atoms with Gasteiger partial charge in [0, 0.05) is 32.0 Å². The van der Waals surface area contributed by atoms with E-state index in [1.54, 1.807) is 4.90 Å². The molecule has 0 aliphatic carbocycles. The third kappa shape index (κ3) is 4.14. The first-order valence-corrected chi connectivity index (χ1v) is 8.09. The van der Waals surface area contributed by atoms with Crippen LogP contribution in [0.2, 0.25) is 0 Å². The maximum Gasteiger partial charge on any atom is 0.244 e. The molecule has 0 aliphatic heterocycles. The topological polar surface area (TPSA) is 47.3 Å². The van der Waals surface area contributed by atoms with Gasteiger partial charge in [0.1, 0.15) is 5.92 Å². The van der Waals surface area contributed by atoms with E-state index >= 15 is 0 Å². The van der Waals surface area contributed by atoms with Gasteiger partial charge in [-0.1, -0.05) is 30.3 Å². The zero-order chi connectivity index (χ0) is 17.5. The number of anilines is 2. The first kappa shape index (κ1) is 17.6. The molecule has 4 heteroatoms. The SMILES string of the molecule is CCN(C(=O)C(C#N)Cc1cccc(N(C)C)c1)c1ccccc1. The van der Waals surface area contributed by atoms with Crippen LogP contribution < -0.4 is 9.80 Å². The molecule has 2 rings (SSSR count). The lowest BCUT2D eigenvalue weighted by molar-refractivity contribution is -0.120. The first-order valence-electron chi connectivity index (χ1n) is 8.09. The third-order valence-corrected chi connectivity index (χ3v) is 3.97. The van der Waals surface area contributed by atoms with Crippen molar-refractivity contribution in [2.75, 3.05) is 30.4 Å². The summed E-state index contributed by atoms with van der Waals surface area (Å²) in [6.07, 6.45) is 0.417. The van der Waals surface area contributed by atoms with Crippen molar-refractivity contribution in [3.05, 3.63) is 60.2 Å². The Morgan fingerprint density at radius 3 is 2.33 bits per heavy atom. The van der Waals surface area contributed by atoms with Crippen molar-refractivity contribution in [2.24, 2.45) is 5.92 Å². The molecular formula is C20H23N3O. The van der Waals surface area contributed by atoms with E-state index in [4.69, 9.17) is 0 Å². The van der Waals surface area contributed by atoms with Gasteiger partial charge in [-0.25, -0.2) is 0 Å². The number of carbonyl (C=O) groups is 1. The van der Waals surface area contributed by atoms with E-state index in [-0.39, 0.29) is 5.91 Å². The Bertz CT molecular complexity index is 719. The number of nitriles is 1. The lowest BCUT2D eigenvalue weighted by Crippen LogP contribution is -2.36. The number of carbonyl (C=O) groups excluding carboxylic acids is 1. The van der Waals surface area contributed by atoms with Gasteiger partial charge in [0.05, 0.1) is 6.07 Å². The third-order valence-electron chi connectivity index (χ3n) is 3.97. The number of para-hydroxylation sites is 1. The van der Waals surface area contributed by atoms with E-state index in [1.807, 2.05) is 80.5 Å². The van der Waals surface area contributed by atoms with Crippen LogP contribution in [0, 0.1) is 17.2 Å².